The summed E-state index contributed by atoms with van der Waals surface area (Å²) in [6.45, 7) is 0. The second kappa shape index (κ2) is 5.90. The molecule has 0 bridgehead atoms. The molecular formula is C24H12O4S. The summed E-state index contributed by atoms with van der Waals surface area (Å²) < 4.78 is 12.1. The molecule has 0 unspecified atom stereocenters. The van der Waals surface area contributed by atoms with Crippen molar-refractivity contribution >= 4 is 50.0 Å². The minimum Gasteiger partial charge on any atom is -0.461 e. The highest BCUT2D eigenvalue weighted by Gasteiger charge is 2.33. The Balaban J connectivity index is 1.41. The second-order valence-corrected chi connectivity index (χ2v) is 8.04. The van der Waals surface area contributed by atoms with Gasteiger partial charge >= 0.3 is 0 Å². The smallest absolute Gasteiger partial charge is 0.197 e. The van der Waals surface area contributed by atoms with Crippen molar-refractivity contribution in [1.29, 1.82) is 0 Å². The second-order valence-electron chi connectivity index (χ2n) is 6.93. The van der Waals surface area contributed by atoms with Crippen molar-refractivity contribution in [2.45, 2.75) is 0 Å². The van der Waals surface area contributed by atoms with E-state index in [0.717, 1.165) is 20.3 Å². The van der Waals surface area contributed by atoms with Gasteiger partial charge in [-0.05, 0) is 47.2 Å². The van der Waals surface area contributed by atoms with Gasteiger partial charge in [-0.2, -0.15) is 0 Å². The third-order valence-corrected chi connectivity index (χ3v) is 6.15. The Morgan fingerprint density at radius 3 is 2.14 bits per heavy atom. The SMILES string of the molecule is O=C1C(=Cc2cc3oc(-c4ccco4)cc3s2)C(=O)c2cc3ccccc3cc21. The van der Waals surface area contributed by atoms with Gasteiger partial charge in [0, 0.05) is 22.1 Å². The zero-order chi connectivity index (χ0) is 19.5. The van der Waals surface area contributed by atoms with E-state index in [1.807, 2.05) is 54.6 Å². The quantitative estimate of drug-likeness (QED) is 0.257. The predicted molar refractivity (Wildman–Crippen MR) is 112 cm³/mol. The number of rotatable bonds is 2. The summed E-state index contributed by atoms with van der Waals surface area (Å²) in [6.07, 6.45) is 3.27. The summed E-state index contributed by atoms with van der Waals surface area (Å²) in [5, 5.41) is 1.90. The summed E-state index contributed by atoms with van der Waals surface area (Å²) in [7, 11) is 0. The fourth-order valence-electron chi connectivity index (χ4n) is 3.75. The molecule has 0 fully saturated rings. The van der Waals surface area contributed by atoms with Gasteiger partial charge in [-0.3, -0.25) is 9.59 Å². The van der Waals surface area contributed by atoms with Crippen molar-refractivity contribution in [3.8, 4) is 11.5 Å². The van der Waals surface area contributed by atoms with E-state index in [4.69, 9.17) is 8.83 Å². The van der Waals surface area contributed by atoms with E-state index in [9.17, 15) is 9.59 Å². The number of allylic oxidation sites excluding steroid dienone is 1. The Labute approximate surface area is 168 Å². The molecule has 3 aromatic heterocycles. The number of benzene rings is 2. The van der Waals surface area contributed by atoms with Gasteiger partial charge in [0.1, 0.15) is 5.58 Å². The lowest BCUT2D eigenvalue weighted by Crippen LogP contribution is -1.99. The summed E-state index contributed by atoms with van der Waals surface area (Å²) in [4.78, 5) is 26.6. The molecule has 0 radical (unpaired) electrons. The van der Waals surface area contributed by atoms with Gasteiger partial charge in [-0.25, -0.2) is 0 Å². The number of hydrogen-bond donors (Lipinski definition) is 0. The number of Topliss-reactive ketones (excluding diaryl/α,β-unsaturated/α-hetero) is 2. The van der Waals surface area contributed by atoms with Gasteiger partial charge in [0.15, 0.2) is 23.1 Å². The number of thiophene rings is 1. The van der Waals surface area contributed by atoms with Crippen LogP contribution in [0.4, 0.5) is 0 Å². The molecule has 5 aromatic rings. The van der Waals surface area contributed by atoms with Crippen molar-refractivity contribution < 1.29 is 18.4 Å². The lowest BCUT2D eigenvalue weighted by Gasteiger charge is -2.00. The van der Waals surface area contributed by atoms with Gasteiger partial charge in [0.2, 0.25) is 0 Å². The highest BCUT2D eigenvalue weighted by Crippen LogP contribution is 2.37. The molecule has 0 saturated heterocycles. The van der Waals surface area contributed by atoms with Crippen molar-refractivity contribution in [3.05, 3.63) is 88.5 Å². The lowest BCUT2D eigenvalue weighted by atomic mass is 10.0. The zero-order valence-corrected chi connectivity index (χ0v) is 15.8. The number of fused-ring (bicyclic) bond motifs is 3. The summed E-state index contributed by atoms with van der Waals surface area (Å²) in [5.41, 5.74) is 1.85. The van der Waals surface area contributed by atoms with Crippen LogP contribution in [-0.4, -0.2) is 11.6 Å². The lowest BCUT2D eigenvalue weighted by molar-refractivity contribution is 0.0990. The van der Waals surface area contributed by atoms with Crippen LogP contribution in [0.25, 0.3) is 38.7 Å². The molecule has 3 heterocycles. The van der Waals surface area contributed by atoms with E-state index in [1.54, 1.807) is 18.4 Å². The fraction of sp³-hybridized carbons (Fsp3) is 0. The average molecular weight is 396 g/mol. The summed E-state index contributed by atoms with van der Waals surface area (Å²) in [6, 6.07) is 18.7. The van der Waals surface area contributed by atoms with Crippen LogP contribution in [0, 0.1) is 0 Å². The Kier molecular flexibility index (Phi) is 3.31. The van der Waals surface area contributed by atoms with E-state index in [1.165, 1.54) is 11.3 Å². The molecule has 5 heteroatoms. The van der Waals surface area contributed by atoms with E-state index >= 15 is 0 Å². The molecule has 1 aliphatic rings. The van der Waals surface area contributed by atoms with E-state index in [0.29, 0.717) is 28.2 Å². The standard InChI is InChI=1S/C24H12O4S/c25-23-16-8-13-4-1-2-5-14(13)9-17(16)24(26)18(23)10-15-11-21-22(29-15)12-20(28-21)19-6-3-7-27-19/h1-12H. The number of ketones is 2. The number of furan rings is 2. The Hall–Kier alpha value is -3.70. The normalized spacial score (nSPS) is 13.6. The van der Waals surface area contributed by atoms with Crippen LogP contribution >= 0.6 is 11.3 Å². The predicted octanol–water partition coefficient (Wildman–Crippen LogP) is 6.37. The molecule has 0 amide bonds. The number of hydrogen-bond acceptors (Lipinski definition) is 5. The van der Waals surface area contributed by atoms with Crippen LogP contribution in [0.1, 0.15) is 25.6 Å². The molecule has 0 atom stereocenters. The topological polar surface area (TPSA) is 60.4 Å². The zero-order valence-electron chi connectivity index (χ0n) is 15.0. The number of carbonyl (C=O) groups is 2. The highest BCUT2D eigenvalue weighted by atomic mass is 32.1. The maximum absolute atomic E-state index is 12.9. The molecule has 0 aliphatic heterocycles. The molecule has 2 aromatic carbocycles. The van der Waals surface area contributed by atoms with Crippen LogP contribution in [-0.2, 0) is 0 Å². The Bertz CT molecular complexity index is 1390. The molecule has 0 N–H and O–H groups in total. The van der Waals surface area contributed by atoms with Crippen LogP contribution in [0.3, 0.4) is 0 Å². The molecular weight excluding hydrogens is 384 g/mol. The molecule has 6 rings (SSSR count). The van der Waals surface area contributed by atoms with Crippen molar-refractivity contribution in [2.24, 2.45) is 0 Å². The molecule has 0 saturated carbocycles. The van der Waals surface area contributed by atoms with Gasteiger partial charge in [-0.1, -0.05) is 24.3 Å². The summed E-state index contributed by atoms with van der Waals surface area (Å²) >= 11 is 1.47. The molecule has 29 heavy (non-hydrogen) atoms. The van der Waals surface area contributed by atoms with Gasteiger partial charge in [-0.15, -0.1) is 11.3 Å². The molecule has 0 spiro atoms. The van der Waals surface area contributed by atoms with Gasteiger partial charge < -0.3 is 8.83 Å². The maximum Gasteiger partial charge on any atom is 0.197 e. The Morgan fingerprint density at radius 1 is 0.793 bits per heavy atom. The minimum atomic E-state index is -0.225. The van der Waals surface area contributed by atoms with E-state index < -0.39 is 0 Å². The van der Waals surface area contributed by atoms with Crippen LogP contribution in [0.5, 0.6) is 0 Å². The third-order valence-electron chi connectivity index (χ3n) is 5.14. The first kappa shape index (κ1) is 16.3. The van der Waals surface area contributed by atoms with Crippen LogP contribution in [0.2, 0.25) is 0 Å². The monoisotopic (exact) mass is 396 g/mol. The largest absolute Gasteiger partial charge is 0.461 e. The van der Waals surface area contributed by atoms with E-state index in [2.05, 4.69) is 0 Å². The maximum atomic E-state index is 12.9. The van der Waals surface area contributed by atoms with Crippen LogP contribution in [0.15, 0.2) is 81.3 Å². The molecule has 1 aliphatic carbocycles. The van der Waals surface area contributed by atoms with Crippen LogP contribution < -0.4 is 0 Å². The average Bonchev–Trinajstić information content (AvgIpc) is 3.48. The van der Waals surface area contributed by atoms with Crippen molar-refractivity contribution in [2.75, 3.05) is 0 Å². The van der Waals surface area contributed by atoms with Crippen molar-refractivity contribution in [1.82, 2.24) is 0 Å². The first-order valence-electron chi connectivity index (χ1n) is 9.08. The summed E-state index contributed by atoms with van der Waals surface area (Å²) in [5.74, 6) is 0.869. The highest BCUT2D eigenvalue weighted by molar-refractivity contribution is 7.19. The fourth-order valence-corrected chi connectivity index (χ4v) is 4.71. The van der Waals surface area contributed by atoms with E-state index in [-0.39, 0.29) is 17.1 Å². The molecule has 4 nitrogen and oxygen atoms in total. The number of carbonyl (C=O) groups excluding carboxylic acids is 2. The Morgan fingerprint density at radius 2 is 1.52 bits per heavy atom. The molecule has 138 valence electrons. The first-order valence-corrected chi connectivity index (χ1v) is 9.90. The third kappa shape index (κ3) is 2.45. The van der Waals surface area contributed by atoms with Gasteiger partial charge in [0.25, 0.3) is 0 Å². The van der Waals surface area contributed by atoms with Gasteiger partial charge in [0.05, 0.1) is 16.5 Å². The van der Waals surface area contributed by atoms with Crippen molar-refractivity contribution in [3.63, 3.8) is 0 Å². The minimum absolute atomic E-state index is 0.200. The first-order chi connectivity index (χ1) is 14.2.